The Hall–Kier alpha value is -0.670. The Labute approximate surface area is 147 Å². The van der Waals surface area contributed by atoms with Crippen molar-refractivity contribution in [3.8, 4) is 0 Å². The third-order valence-electron chi connectivity index (χ3n) is 4.89. The van der Waals surface area contributed by atoms with Crippen LogP contribution in [0.25, 0.3) is 0 Å². The molecule has 0 rings (SSSR count). The van der Waals surface area contributed by atoms with E-state index in [9.17, 15) is 14.7 Å². The van der Waals surface area contributed by atoms with Gasteiger partial charge in [-0.25, -0.2) is 0 Å². The van der Waals surface area contributed by atoms with Crippen molar-refractivity contribution < 1.29 is 24.2 Å². The Morgan fingerprint density at radius 3 is 1.79 bits per heavy atom. The standard InChI is InChI=1S/C18H37O5P/c1-7-16(22-14(5)19)11-15(20)12-17(8-2)23-18(21)13-24(6,9-3)10-4/h15-17,20,24H,7-13H2,1-6H3. The molecule has 0 aliphatic heterocycles. The van der Waals surface area contributed by atoms with Crippen LogP contribution < -0.4 is 0 Å². The second kappa shape index (κ2) is 11.8. The second-order valence-electron chi connectivity index (χ2n) is 6.98. The van der Waals surface area contributed by atoms with Crippen molar-refractivity contribution in [3.05, 3.63) is 0 Å². The fraction of sp³-hybridized carbons (Fsp3) is 0.889. The molecule has 0 aromatic heterocycles. The first-order valence-corrected chi connectivity index (χ1v) is 12.4. The molecule has 24 heavy (non-hydrogen) atoms. The summed E-state index contributed by atoms with van der Waals surface area (Å²) in [6.45, 7) is 11.7. The van der Waals surface area contributed by atoms with Crippen LogP contribution in [0.15, 0.2) is 0 Å². The second-order valence-corrected chi connectivity index (χ2v) is 12.4. The molecule has 0 aliphatic rings. The third kappa shape index (κ3) is 9.58. The molecule has 0 aromatic carbocycles. The number of carbonyl (C=O) groups excluding carboxylic acids is 2. The van der Waals surface area contributed by atoms with Crippen LogP contribution >= 0.6 is 7.26 Å². The van der Waals surface area contributed by atoms with Gasteiger partial charge in [-0.15, -0.1) is 0 Å². The minimum atomic E-state index is -1.52. The van der Waals surface area contributed by atoms with Crippen molar-refractivity contribution in [3.63, 3.8) is 0 Å². The first-order valence-electron chi connectivity index (χ1n) is 9.24. The van der Waals surface area contributed by atoms with E-state index in [1.165, 1.54) is 6.92 Å². The summed E-state index contributed by atoms with van der Waals surface area (Å²) in [4.78, 5) is 23.3. The molecule has 0 bridgehead atoms. The predicted octanol–water partition coefficient (Wildman–Crippen LogP) is 3.21. The van der Waals surface area contributed by atoms with Crippen molar-refractivity contribution in [1.82, 2.24) is 0 Å². The average Bonchev–Trinajstić information content (AvgIpc) is 2.52. The van der Waals surface area contributed by atoms with E-state index in [0.29, 0.717) is 31.8 Å². The summed E-state index contributed by atoms with van der Waals surface area (Å²) in [7, 11) is -1.52. The van der Waals surface area contributed by atoms with Crippen LogP contribution in [0.3, 0.4) is 0 Å². The van der Waals surface area contributed by atoms with Crippen LogP contribution in [0.2, 0.25) is 0 Å². The molecule has 3 atom stereocenters. The van der Waals surface area contributed by atoms with Gasteiger partial charge in [0.05, 0.1) is 0 Å². The molecule has 0 saturated heterocycles. The van der Waals surface area contributed by atoms with Gasteiger partial charge in [0.2, 0.25) is 0 Å². The maximum absolute atomic E-state index is 12.2. The molecule has 0 saturated carbocycles. The van der Waals surface area contributed by atoms with Gasteiger partial charge in [0.25, 0.3) is 0 Å². The van der Waals surface area contributed by atoms with Crippen LogP contribution in [0, 0.1) is 0 Å². The molecule has 0 heterocycles. The van der Waals surface area contributed by atoms with Crippen molar-refractivity contribution in [2.45, 2.75) is 78.6 Å². The number of aliphatic hydroxyl groups is 1. The molecular weight excluding hydrogens is 327 g/mol. The first-order chi connectivity index (χ1) is 11.2. The number of rotatable bonds is 12. The van der Waals surface area contributed by atoms with Gasteiger partial charge in [-0.3, -0.25) is 0 Å². The zero-order valence-electron chi connectivity index (χ0n) is 16.3. The van der Waals surface area contributed by atoms with Crippen LogP contribution in [0.1, 0.15) is 60.3 Å². The molecule has 3 unspecified atom stereocenters. The quantitative estimate of drug-likeness (QED) is 0.425. The van der Waals surface area contributed by atoms with E-state index in [2.05, 4.69) is 20.5 Å². The summed E-state index contributed by atoms with van der Waals surface area (Å²) in [6.07, 6.45) is 3.54. The van der Waals surface area contributed by atoms with Crippen LogP contribution in [-0.2, 0) is 19.1 Å². The molecule has 0 aromatic rings. The van der Waals surface area contributed by atoms with Gasteiger partial charge in [0.15, 0.2) is 0 Å². The monoisotopic (exact) mass is 364 g/mol. The van der Waals surface area contributed by atoms with Gasteiger partial charge in [0.1, 0.15) is 0 Å². The maximum atomic E-state index is 12.2. The molecule has 6 heteroatoms. The van der Waals surface area contributed by atoms with Crippen LogP contribution in [0.4, 0.5) is 0 Å². The number of esters is 2. The van der Waals surface area contributed by atoms with E-state index in [1.807, 2.05) is 13.8 Å². The van der Waals surface area contributed by atoms with Gasteiger partial charge in [-0.2, -0.15) is 0 Å². The van der Waals surface area contributed by atoms with Crippen molar-refractivity contribution in [2.75, 3.05) is 25.2 Å². The summed E-state index contributed by atoms with van der Waals surface area (Å²) in [5.74, 6) is -0.477. The Kier molecular flexibility index (Phi) is 11.5. The van der Waals surface area contributed by atoms with Gasteiger partial charge >= 0.3 is 147 Å². The Balaban J connectivity index is 4.48. The van der Waals surface area contributed by atoms with E-state index in [0.717, 1.165) is 12.3 Å². The summed E-state index contributed by atoms with van der Waals surface area (Å²) < 4.78 is 10.8. The van der Waals surface area contributed by atoms with Crippen molar-refractivity contribution >= 4 is 19.2 Å². The van der Waals surface area contributed by atoms with Gasteiger partial charge in [0, 0.05) is 0 Å². The van der Waals surface area contributed by atoms with Crippen molar-refractivity contribution in [1.29, 1.82) is 0 Å². The summed E-state index contributed by atoms with van der Waals surface area (Å²) in [6, 6.07) is 0. The number of aliphatic hydroxyl groups excluding tert-OH is 1. The molecule has 0 amide bonds. The van der Waals surface area contributed by atoms with E-state index < -0.39 is 13.4 Å². The fourth-order valence-corrected chi connectivity index (χ4v) is 4.39. The molecule has 0 fully saturated rings. The van der Waals surface area contributed by atoms with E-state index >= 15 is 0 Å². The molecule has 0 radical (unpaired) electrons. The number of hydrogen-bond donors (Lipinski definition) is 1. The average molecular weight is 364 g/mol. The fourth-order valence-electron chi connectivity index (χ4n) is 2.61. The molecule has 1 N–H and O–H groups in total. The number of carbonyl (C=O) groups is 2. The zero-order valence-corrected chi connectivity index (χ0v) is 17.3. The van der Waals surface area contributed by atoms with Gasteiger partial charge in [-0.05, 0) is 0 Å². The molecule has 5 nitrogen and oxygen atoms in total. The molecule has 0 aliphatic carbocycles. The molecular formula is C18H37O5P. The molecule has 144 valence electrons. The van der Waals surface area contributed by atoms with Gasteiger partial charge < -0.3 is 0 Å². The summed E-state index contributed by atoms with van der Waals surface area (Å²) in [5.41, 5.74) is 0. The zero-order chi connectivity index (χ0) is 18.8. The van der Waals surface area contributed by atoms with Crippen LogP contribution in [-0.4, -0.2) is 60.5 Å². The third-order valence-corrected chi connectivity index (χ3v) is 9.45. The predicted molar refractivity (Wildman–Crippen MR) is 101 cm³/mol. The first kappa shape index (κ1) is 23.3. The number of hydrogen-bond acceptors (Lipinski definition) is 5. The topological polar surface area (TPSA) is 72.8 Å². The van der Waals surface area contributed by atoms with Gasteiger partial charge in [-0.1, -0.05) is 0 Å². The van der Waals surface area contributed by atoms with Crippen molar-refractivity contribution in [2.24, 2.45) is 0 Å². The SMILES string of the molecule is CCC(CC(O)CC(CC)OC(=O)C[PH](C)(CC)CC)OC(C)=O. The van der Waals surface area contributed by atoms with E-state index in [4.69, 9.17) is 9.47 Å². The van der Waals surface area contributed by atoms with E-state index in [1.54, 1.807) is 0 Å². The normalized spacial score (nSPS) is 16.1. The Morgan fingerprint density at radius 1 is 0.958 bits per heavy atom. The Morgan fingerprint density at radius 2 is 1.42 bits per heavy atom. The van der Waals surface area contributed by atoms with E-state index in [-0.39, 0.29) is 24.1 Å². The summed E-state index contributed by atoms with van der Waals surface area (Å²) >= 11 is 0. The number of ether oxygens (including phenoxy) is 2. The Bertz CT molecular complexity index is 382. The van der Waals surface area contributed by atoms with Crippen LogP contribution in [0.5, 0.6) is 0 Å². The minimum absolute atomic E-state index is 0.140. The molecule has 0 spiro atoms. The summed E-state index contributed by atoms with van der Waals surface area (Å²) in [5, 5.41) is 10.2.